The maximum atomic E-state index is 12.5. The van der Waals surface area contributed by atoms with E-state index in [1.807, 2.05) is 13.8 Å². The van der Waals surface area contributed by atoms with Gasteiger partial charge in [-0.3, -0.25) is 0 Å². The minimum absolute atomic E-state index is 0.152. The van der Waals surface area contributed by atoms with Crippen LogP contribution in [0.3, 0.4) is 0 Å². The molecule has 2 rings (SSSR count). The third-order valence-electron chi connectivity index (χ3n) is 2.65. The zero-order valence-electron chi connectivity index (χ0n) is 10.3. The van der Waals surface area contributed by atoms with E-state index in [0.717, 1.165) is 22.7 Å². The number of nitrogens with zero attached hydrogens (tertiary/aromatic N) is 1. The van der Waals surface area contributed by atoms with Crippen LogP contribution in [0.5, 0.6) is 0 Å². The van der Waals surface area contributed by atoms with Gasteiger partial charge in [0.1, 0.15) is 5.01 Å². The second-order valence-corrected chi connectivity index (χ2v) is 5.85. The molecule has 1 heterocycles. The highest BCUT2D eigenvalue weighted by atomic mass is 35.5. The molecule has 1 atom stereocenters. The van der Waals surface area contributed by atoms with Crippen LogP contribution in [0, 0.1) is 6.92 Å². The first-order valence-corrected chi connectivity index (χ1v) is 6.83. The van der Waals surface area contributed by atoms with Crippen LogP contribution < -0.4 is 0 Å². The molecule has 0 N–H and O–H groups in total. The van der Waals surface area contributed by atoms with E-state index in [-0.39, 0.29) is 5.38 Å². The molecular formula is C13H11ClF3NS. The zero-order valence-corrected chi connectivity index (χ0v) is 11.8. The van der Waals surface area contributed by atoms with Gasteiger partial charge in [0.05, 0.1) is 16.6 Å². The smallest absolute Gasteiger partial charge is 0.241 e. The first-order chi connectivity index (χ1) is 8.79. The van der Waals surface area contributed by atoms with Crippen molar-refractivity contribution in [2.45, 2.75) is 25.4 Å². The second-order valence-electron chi connectivity index (χ2n) is 4.16. The Labute approximate surface area is 118 Å². The molecule has 0 aliphatic heterocycles. The average molecular weight is 306 g/mol. The molecule has 0 aliphatic rings. The molecular weight excluding hydrogens is 295 g/mol. The van der Waals surface area contributed by atoms with Crippen molar-refractivity contribution in [3.8, 4) is 10.6 Å². The van der Waals surface area contributed by atoms with Gasteiger partial charge in [0.2, 0.25) is 0 Å². The van der Waals surface area contributed by atoms with E-state index >= 15 is 0 Å². The Morgan fingerprint density at radius 2 is 1.79 bits per heavy atom. The Bertz CT molecular complexity index is 573. The van der Waals surface area contributed by atoms with Crippen molar-refractivity contribution in [1.82, 2.24) is 4.98 Å². The van der Waals surface area contributed by atoms with Gasteiger partial charge in [-0.1, -0.05) is 12.1 Å². The second kappa shape index (κ2) is 5.13. The molecule has 6 heteroatoms. The van der Waals surface area contributed by atoms with Gasteiger partial charge in [0.15, 0.2) is 0 Å². The lowest BCUT2D eigenvalue weighted by Crippen LogP contribution is -2.03. The van der Waals surface area contributed by atoms with Gasteiger partial charge in [-0.05, 0) is 26.0 Å². The molecule has 2 aromatic rings. The van der Waals surface area contributed by atoms with Crippen LogP contribution in [-0.2, 0) is 6.18 Å². The van der Waals surface area contributed by atoms with Crippen molar-refractivity contribution < 1.29 is 13.2 Å². The van der Waals surface area contributed by atoms with E-state index in [1.165, 1.54) is 23.5 Å². The first-order valence-electron chi connectivity index (χ1n) is 5.58. The highest BCUT2D eigenvalue weighted by Crippen LogP contribution is 2.35. The Morgan fingerprint density at radius 1 is 1.21 bits per heavy atom. The highest BCUT2D eigenvalue weighted by molar-refractivity contribution is 7.15. The molecule has 1 nitrogen and oxygen atoms in total. The number of hydrogen-bond acceptors (Lipinski definition) is 2. The standard InChI is InChI=1S/C13H11ClF3NS/c1-7(14)11-8(2)18-12(19-11)9-3-5-10(6-4-9)13(15,16)17/h3-7H,1-2H3. The Kier molecular flexibility index (Phi) is 3.87. The third-order valence-corrected chi connectivity index (χ3v) is 4.39. The lowest BCUT2D eigenvalue weighted by molar-refractivity contribution is -0.137. The maximum absolute atomic E-state index is 12.5. The number of thiazole rings is 1. The summed E-state index contributed by atoms with van der Waals surface area (Å²) in [4.78, 5) is 5.29. The van der Waals surface area contributed by atoms with Crippen molar-refractivity contribution in [3.63, 3.8) is 0 Å². The summed E-state index contributed by atoms with van der Waals surface area (Å²) in [5, 5.41) is 0.537. The summed E-state index contributed by atoms with van der Waals surface area (Å²) in [6.45, 7) is 3.69. The minimum Gasteiger partial charge on any atom is -0.241 e. The fraction of sp³-hybridized carbons (Fsp3) is 0.308. The minimum atomic E-state index is -4.31. The largest absolute Gasteiger partial charge is 0.416 e. The normalized spacial score (nSPS) is 13.6. The molecule has 1 aromatic carbocycles. The summed E-state index contributed by atoms with van der Waals surface area (Å²) in [6.07, 6.45) is -4.31. The molecule has 0 fully saturated rings. The molecule has 0 saturated heterocycles. The summed E-state index contributed by atoms with van der Waals surface area (Å²) < 4.78 is 37.4. The van der Waals surface area contributed by atoms with Crippen molar-refractivity contribution >= 4 is 22.9 Å². The number of aromatic nitrogens is 1. The number of hydrogen-bond donors (Lipinski definition) is 0. The van der Waals surface area contributed by atoms with E-state index in [0.29, 0.717) is 10.6 Å². The van der Waals surface area contributed by atoms with Gasteiger partial charge < -0.3 is 0 Å². The molecule has 0 amide bonds. The van der Waals surface area contributed by atoms with E-state index in [1.54, 1.807) is 0 Å². The van der Waals surface area contributed by atoms with E-state index in [4.69, 9.17) is 11.6 Å². The van der Waals surface area contributed by atoms with Gasteiger partial charge >= 0.3 is 6.18 Å². The topological polar surface area (TPSA) is 12.9 Å². The fourth-order valence-corrected chi connectivity index (χ4v) is 2.99. The summed E-state index contributed by atoms with van der Waals surface area (Å²) in [5.41, 5.74) is 0.836. The summed E-state index contributed by atoms with van der Waals surface area (Å²) >= 11 is 7.43. The maximum Gasteiger partial charge on any atom is 0.416 e. The van der Waals surface area contributed by atoms with E-state index in [2.05, 4.69) is 4.98 Å². The van der Waals surface area contributed by atoms with Crippen LogP contribution in [0.2, 0.25) is 0 Å². The van der Waals surface area contributed by atoms with Crippen LogP contribution in [0.25, 0.3) is 10.6 Å². The molecule has 1 unspecified atom stereocenters. The average Bonchev–Trinajstić information content (AvgIpc) is 2.70. The Balaban J connectivity index is 2.35. The van der Waals surface area contributed by atoms with Crippen LogP contribution in [-0.4, -0.2) is 4.98 Å². The molecule has 0 aliphatic carbocycles. The monoisotopic (exact) mass is 305 g/mol. The van der Waals surface area contributed by atoms with Crippen LogP contribution in [0.4, 0.5) is 13.2 Å². The Hall–Kier alpha value is -1.07. The number of aryl methyl sites for hydroxylation is 1. The highest BCUT2D eigenvalue weighted by Gasteiger charge is 2.30. The van der Waals surface area contributed by atoms with Gasteiger partial charge in [0, 0.05) is 10.4 Å². The molecule has 19 heavy (non-hydrogen) atoms. The summed E-state index contributed by atoms with van der Waals surface area (Å²) in [6, 6.07) is 5.00. The molecule has 0 radical (unpaired) electrons. The number of benzene rings is 1. The lowest BCUT2D eigenvalue weighted by atomic mass is 10.1. The number of rotatable bonds is 2. The molecule has 102 valence electrons. The van der Waals surface area contributed by atoms with Gasteiger partial charge in [0.25, 0.3) is 0 Å². The summed E-state index contributed by atoms with van der Waals surface area (Å²) in [5.74, 6) is 0. The van der Waals surface area contributed by atoms with Crippen LogP contribution in [0.1, 0.15) is 28.4 Å². The number of alkyl halides is 4. The lowest BCUT2D eigenvalue weighted by Gasteiger charge is -2.06. The van der Waals surface area contributed by atoms with E-state index < -0.39 is 11.7 Å². The fourth-order valence-electron chi connectivity index (χ4n) is 1.70. The SMILES string of the molecule is Cc1nc(-c2ccc(C(F)(F)F)cc2)sc1C(C)Cl. The predicted molar refractivity (Wildman–Crippen MR) is 71.6 cm³/mol. The van der Waals surface area contributed by atoms with Gasteiger partial charge in [-0.15, -0.1) is 22.9 Å². The van der Waals surface area contributed by atoms with Gasteiger partial charge in [-0.2, -0.15) is 13.2 Å². The molecule has 0 bridgehead atoms. The van der Waals surface area contributed by atoms with Crippen molar-refractivity contribution in [2.75, 3.05) is 0 Å². The van der Waals surface area contributed by atoms with Gasteiger partial charge in [-0.25, -0.2) is 4.98 Å². The van der Waals surface area contributed by atoms with Crippen LogP contribution >= 0.6 is 22.9 Å². The number of halogens is 4. The summed E-state index contributed by atoms with van der Waals surface area (Å²) in [7, 11) is 0. The zero-order chi connectivity index (χ0) is 14.2. The predicted octanol–water partition coefficient (Wildman–Crippen LogP) is 5.44. The van der Waals surface area contributed by atoms with Crippen molar-refractivity contribution in [1.29, 1.82) is 0 Å². The van der Waals surface area contributed by atoms with Crippen LogP contribution in [0.15, 0.2) is 24.3 Å². The third kappa shape index (κ3) is 3.09. The van der Waals surface area contributed by atoms with Crippen molar-refractivity contribution in [3.05, 3.63) is 40.4 Å². The quantitative estimate of drug-likeness (QED) is 0.673. The molecule has 0 saturated carbocycles. The molecule has 0 spiro atoms. The Morgan fingerprint density at radius 3 is 2.21 bits per heavy atom. The van der Waals surface area contributed by atoms with E-state index in [9.17, 15) is 13.2 Å². The van der Waals surface area contributed by atoms with Crippen molar-refractivity contribution in [2.24, 2.45) is 0 Å². The molecule has 1 aromatic heterocycles. The first kappa shape index (κ1) is 14.3.